The molecule has 0 aliphatic carbocycles. The summed E-state index contributed by atoms with van der Waals surface area (Å²) < 4.78 is 29.5. The average molecular weight is 282 g/mol. The Labute approximate surface area is 104 Å². The first kappa shape index (κ1) is 14.2. The van der Waals surface area contributed by atoms with Crippen LogP contribution in [-0.2, 0) is 10.3 Å². The van der Waals surface area contributed by atoms with E-state index in [-0.39, 0.29) is 5.75 Å². The van der Waals surface area contributed by atoms with Gasteiger partial charge in [-0.15, -0.1) is 0 Å². The van der Waals surface area contributed by atoms with Crippen molar-refractivity contribution in [1.82, 2.24) is 4.72 Å². The van der Waals surface area contributed by atoms with Gasteiger partial charge in [0.25, 0.3) is 0 Å². The van der Waals surface area contributed by atoms with Gasteiger partial charge in [0.2, 0.25) is 0 Å². The van der Waals surface area contributed by atoms with Gasteiger partial charge in [0.05, 0.1) is 19.3 Å². The third kappa shape index (κ3) is 4.88. The van der Waals surface area contributed by atoms with Gasteiger partial charge in [0, 0.05) is 5.02 Å². The van der Waals surface area contributed by atoms with Crippen LogP contribution in [0.2, 0.25) is 5.02 Å². The summed E-state index contributed by atoms with van der Waals surface area (Å²) in [5.41, 5.74) is 0. The van der Waals surface area contributed by atoms with Gasteiger partial charge in [0.1, 0.15) is 5.75 Å². The van der Waals surface area contributed by atoms with Crippen molar-refractivity contribution in [2.45, 2.75) is 6.04 Å². The molecule has 0 amide bonds. The van der Waals surface area contributed by atoms with E-state index < -0.39 is 29.6 Å². The molecule has 1 aromatic carbocycles. The first-order valence-electron chi connectivity index (χ1n) is 4.66. The van der Waals surface area contributed by atoms with Crippen molar-refractivity contribution in [3.63, 3.8) is 0 Å². The van der Waals surface area contributed by atoms with Crippen LogP contribution in [0.25, 0.3) is 0 Å². The molecule has 0 aliphatic heterocycles. The van der Waals surface area contributed by atoms with Crippen molar-refractivity contribution in [1.29, 1.82) is 0 Å². The number of aliphatic hydroxyl groups is 2. The summed E-state index contributed by atoms with van der Waals surface area (Å²) in [4.78, 5) is 0. The molecule has 1 rings (SSSR count). The Morgan fingerprint density at radius 3 is 2.24 bits per heavy atom. The molecule has 17 heavy (non-hydrogen) atoms. The maximum absolute atomic E-state index is 11.4. The van der Waals surface area contributed by atoms with Crippen molar-refractivity contribution in [3.05, 3.63) is 29.3 Å². The lowest BCUT2D eigenvalue weighted by Gasteiger charge is -2.13. The molecular weight excluding hydrogens is 270 g/mol. The van der Waals surface area contributed by atoms with Crippen LogP contribution < -0.4 is 8.91 Å². The van der Waals surface area contributed by atoms with E-state index >= 15 is 0 Å². The highest BCUT2D eigenvalue weighted by atomic mass is 35.5. The van der Waals surface area contributed by atoms with Crippen molar-refractivity contribution >= 4 is 21.9 Å². The standard InChI is InChI=1S/C9H12ClNO5S/c10-7-1-3-9(4-2-7)16-17(14,15)11-8(5-12)6-13/h1-4,8,11-13H,5-6H2. The molecule has 0 aliphatic rings. The molecule has 0 unspecified atom stereocenters. The van der Waals surface area contributed by atoms with E-state index in [4.69, 9.17) is 21.8 Å². The smallest absolute Gasteiger partial charge is 0.383 e. The summed E-state index contributed by atoms with van der Waals surface area (Å²) in [6, 6.07) is 4.72. The molecule has 6 nitrogen and oxygen atoms in total. The zero-order chi connectivity index (χ0) is 12.9. The largest absolute Gasteiger partial charge is 0.395 e. The molecule has 0 atom stereocenters. The van der Waals surface area contributed by atoms with Gasteiger partial charge >= 0.3 is 10.3 Å². The van der Waals surface area contributed by atoms with Crippen LogP contribution in [0, 0.1) is 0 Å². The van der Waals surface area contributed by atoms with Crippen LogP contribution in [0.4, 0.5) is 0 Å². The molecule has 0 saturated carbocycles. The summed E-state index contributed by atoms with van der Waals surface area (Å²) in [5, 5.41) is 17.9. The summed E-state index contributed by atoms with van der Waals surface area (Å²) in [7, 11) is -4.08. The molecule has 0 heterocycles. The second kappa shape index (κ2) is 6.18. The summed E-state index contributed by atoms with van der Waals surface area (Å²) in [6.07, 6.45) is 0. The minimum absolute atomic E-state index is 0.0801. The van der Waals surface area contributed by atoms with Crippen LogP contribution in [-0.4, -0.2) is 37.9 Å². The Hall–Kier alpha value is -0.860. The van der Waals surface area contributed by atoms with E-state index in [1.165, 1.54) is 24.3 Å². The molecule has 0 saturated heterocycles. The lowest BCUT2D eigenvalue weighted by Crippen LogP contribution is -2.42. The van der Waals surface area contributed by atoms with Crippen LogP contribution in [0.1, 0.15) is 0 Å². The molecular formula is C9H12ClNO5S. The van der Waals surface area contributed by atoms with E-state index in [0.29, 0.717) is 5.02 Å². The van der Waals surface area contributed by atoms with Crippen molar-refractivity contribution in [2.24, 2.45) is 0 Å². The van der Waals surface area contributed by atoms with E-state index in [0.717, 1.165) is 0 Å². The highest BCUT2D eigenvalue weighted by molar-refractivity contribution is 7.85. The van der Waals surface area contributed by atoms with Crippen molar-refractivity contribution in [3.8, 4) is 5.75 Å². The fourth-order valence-corrected chi connectivity index (χ4v) is 2.07. The van der Waals surface area contributed by atoms with E-state index in [1.807, 2.05) is 4.72 Å². The lowest BCUT2D eigenvalue weighted by atomic mass is 10.3. The Morgan fingerprint density at radius 1 is 1.24 bits per heavy atom. The van der Waals surface area contributed by atoms with E-state index in [1.54, 1.807) is 0 Å². The molecule has 96 valence electrons. The maximum Gasteiger partial charge on any atom is 0.383 e. The predicted octanol–water partition coefficient (Wildman–Crippen LogP) is -0.0936. The second-order valence-electron chi connectivity index (χ2n) is 3.17. The monoisotopic (exact) mass is 281 g/mol. The van der Waals surface area contributed by atoms with Gasteiger partial charge in [-0.1, -0.05) is 11.6 Å². The second-order valence-corrected chi connectivity index (χ2v) is 4.92. The molecule has 0 bridgehead atoms. The number of benzene rings is 1. The molecule has 0 aromatic heterocycles. The van der Waals surface area contributed by atoms with E-state index in [9.17, 15) is 8.42 Å². The van der Waals surface area contributed by atoms with Crippen LogP contribution in [0.3, 0.4) is 0 Å². The number of hydrogen-bond donors (Lipinski definition) is 3. The van der Waals surface area contributed by atoms with Crippen LogP contribution >= 0.6 is 11.6 Å². The van der Waals surface area contributed by atoms with Crippen LogP contribution in [0.15, 0.2) is 24.3 Å². The third-order valence-corrected chi connectivity index (χ3v) is 3.06. The minimum atomic E-state index is -4.08. The lowest BCUT2D eigenvalue weighted by molar-refractivity contribution is 0.183. The topological polar surface area (TPSA) is 95.9 Å². The number of hydrogen-bond acceptors (Lipinski definition) is 5. The van der Waals surface area contributed by atoms with Gasteiger partial charge in [-0.05, 0) is 24.3 Å². The molecule has 8 heteroatoms. The zero-order valence-corrected chi connectivity index (χ0v) is 10.3. The highest BCUT2D eigenvalue weighted by Gasteiger charge is 2.18. The fourth-order valence-electron chi connectivity index (χ4n) is 0.977. The van der Waals surface area contributed by atoms with Crippen molar-refractivity contribution < 1.29 is 22.8 Å². The number of nitrogens with one attached hydrogen (secondary N) is 1. The highest BCUT2D eigenvalue weighted by Crippen LogP contribution is 2.16. The quantitative estimate of drug-likeness (QED) is 0.677. The molecule has 0 radical (unpaired) electrons. The Bertz CT molecular complexity index is 443. The van der Waals surface area contributed by atoms with Crippen molar-refractivity contribution in [2.75, 3.05) is 13.2 Å². The minimum Gasteiger partial charge on any atom is -0.395 e. The van der Waals surface area contributed by atoms with Gasteiger partial charge in [-0.3, -0.25) is 0 Å². The first-order valence-corrected chi connectivity index (χ1v) is 6.44. The number of aliphatic hydroxyl groups excluding tert-OH is 2. The van der Waals surface area contributed by atoms with Crippen LogP contribution in [0.5, 0.6) is 5.75 Å². The van der Waals surface area contributed by atoms with Gasteiger partial charge in [-0.2, -0.15) is 13.1 Å². The number of halogens is 1. The zero-order valence-electron chi connectivity index (χ0n) is 8.71. The maximum atomic E-state index is 11.4. The predicted molar refractivity (Wildman–Crippen MR) is 62.1 cm³/mol. The number of rotatable bonds is 6. The summed E-state index contributed by atoms with van der Waals surface area (Å²) >= 11 is 5.63. The average Bonchev–Trinajstić information content (AvgIpc) is 2.29. The molecule has 0 fully saturated rings. The Kier molecular flexibility index (Phi) is 5.16. The Balaban J connectivity index is 2.69. The normalized spacial score (nSPS) is 11.8. The first-order chi connectivity index (χ1) is 7.96. The summed E-state index contributed by atoms with van der Waals surface area (Å²) in [6.45, 7) is -1.06. The molecule has 0 spiro atoms. The van der Waals surface area contributed by atoms with Gasteiger partial charge in [0.15, 0.2) is 0 Å². The fraction of sp³-hybridized carbons (Fsp3) is 0.333. The van der Waals surface area contributed by atoms with Gasteiger partial charge in [-0.25, -0.2) is 0 Å². The Morgan fingerprint density at radius 2 is 1.76 bits per heavy atom. The molecule has 1 aromatic rings. The molecule has 3 N–H and O–H groups in total. The summed E-state index contributed by atoms with van der Waals surface area (Å²) in [5.74, 6) is 0.0801. The van der Waals surface area contributed by atoms with Gasteiger partial charge < -0.3 is 14.4 Å². The SMILES string of the molecule is O=S(=O)(NC(CO)CO)Oc1ccc(Cl)cc1. The third-order valence-electron chi connectivity index (χ3n) is 1.77. The van der Waals surface area contributed by atoms with E-state index in [2.05, 4.69) is 4.18 Å².